The van der Waals surface area contributed by atoms with Gasteiger partial charge >= 0.3 is 35.8 Å². The van der Waals surface area contributed by atoms with E-state index in [1.165, 1.54) is 38.5 Å². The second-order valence-corrected chi connectivity index (χ2v) is 28.5. The second-order valence-electron chi connectivity index (χ2n) is 28.5. The summed E-state index contributed by atoms with van der Waals surface area (Å²) in [7, 11) is 3.10. The highest BCUT2D eigenvalue weighted by molar-refractivity contribution is 5.80. The summed E-state index contributed by atoms with van der Waals surface area (Å²) in [6.07, 6.45) is 16.6. The fourth-order valence-electron chi connectivity index (χ4n) is 16.1. The lowest BCUT2D eigenvalue weighted by atomic mass is 9.44. The average molecular weight is 1030 g/mol. The van der Waals surface area contributed by atoms with Gasteiger partial charge in [0.1, 0.15) is 0 Å². The maximum Gasteiger partial charge on any atom is 0.344 e. The normalized spacial score (nSPS) is 37.9. The van der Waals surface area contributed by atoms with Gasteiger partial charge in [-0.1, -0.05) is 6.92 Å². The van der Waals surface area contributed by atoms with Crippen molar-refractivity contribution in [3.8, 4) is 0 Å². The molecule has 14 heteroatoms. The number of hydrogen-bond donors (Lipinski definition) is 0. The highest BCUT2D eigenvalue weighted by Gasteiger charge is 2.63. The number of hydrogen-bond acceptors (Lipinski definition) is 14. The molecule has 0 saturated heterocycles. The van der Waals surface area contributed by atoms with Gasteiger partial charge in [-0.15, -0.1) is 0 Å². The average Bonchev–Trinajstić information content (AvgIpc) is 3.29. The molecule has 0 aromatic carbocycles. The Bertz CT molecular complexity index is 1960. The topological polar surface area (TPSA) is 176 Å². The van der Waals surface area contributed by atoms with Gasteiger partial charge in [0.25, 0.3) is 0 Å². The van der Waals surface area contributed by atoms with Crippen LogP contribution in [0.3, 0.4) is 0 Å². The van der Waals surface area contributed by atoms with E-state index in [0.29, 0.717) is 67.2 Å². The summed E-state index contributed by atoms with van der Waals surface area (Å²) in [4.78, 5) is 73.7. The highest BCUT2D eigenvalue weighted by atomic mass is 16.7. The molecule has 12 saturated carbocycles. The van der Waals surface area contributed by atoms with Crippen LogP contribution in [0.1, 0.15) is 186 Å². The molecule has 0 heterocycles. The van der Waals surface area contributed by atoms with E-state index in [9.17, 15) is 28.8 Å². The van der Waals surface area contributed by atoms with Crippen LogP contribution in [-0.4, -0.2) is 89.0 Å². The van der Waals surface area contributed by atoms with E-state index in [4.69, 9.17) is 37.9 Å². The van der Waals surface area contributed by atoms with E-state index in [1.54, 1.807) is 48.8 Å². The molecule has 0 spiro atoms. The molecule has 73 heavy (non-hydrogen) atoms. The highest BCUT2D eigenvalue weighted by Crippen LogP contribution is 2.67. The SMILES string of the molecule is CC(C)(C)C(=O)OCC(=O)OCC1(C)C2CC3CC(C2)CC1C3.COC(C)OC(=O)C12CC3CC(C1)C(COC(=O)C(C)(C)C)C(C3)C2.COC(C)OC(=O)C12CC3CC(CC(COC(=O)C(C)(C)C)(C3)C1)C2. The fourth-order valence-corrected chi connectivity index (χ4v) is 16.1. The summed E-state index contributed by atoms with van der Waals surface area (Å²) >= 11 is 0. The Morgan fingerprint density at radius 3 is 1.41 bits per heavy atom. The molecule has 0 amide bonds. The van der Waals surface area contributed by atoms with Crippen LogP contribution >= 0.6 is 0 Å². The van der Waals surface area contributed by atoms with Crippen molar-refractivity contribution in [3.63, 3.8) is 0 Å². The third-order valence-corrected chi connectivity index (χ3v) is 19.3. The zero-order valence-electron chi connectivity index (χ0n) is 47.3. The van der Waals surface area contributed by atoms with Crippen LogP contribution in [0.4, 0.5) is 0 Å². The van der Waals surface area contributed by atoms with E-state index >= 15 is 0 Å². The lowest BCUT2D eigenvalue weighted by molar-refractivity contribution is -0.207. The van der Waals surface area contributed by atoms with Crippen molar-refractivity contribution in [2.45, 2.75) is 198 Å². The van der Waals surface area contributed by atoms with E-state index in [0.717, 1.165) is 76.0 Å². The molecule has 0 aromatic heterocycles. The Morgan fingerprint density at radius 1 is 0.493 bits per heavy atom. The number of methoxy groups -OCH3 is 2. The minimum Gasteiger partial charge on any atom is -0.465 e. The number of carbonyl (C=O) groups excluding carboxylic acids is 6. The summed E-state index contributed by atoms with van der Waals surface area (Å²) in [5, 5.41) is 0. The summed E-state index contributed by atoms with van der Waals surface area (Å²) in [5.74, 6) is 4.93. The molecule has 0 radical (unpaired) electrons. The van der Waals surface area contributed by atoms with E-state index in [2.05, 4.69) is 6.92 Å². The Hall–Kier alpha value is -3.26. The minimum atomic E-state index is -0.590. The number of rotatable bonds is 14. The Morgan fingerprint density at radius 2 is 0.932 bits per heavy atom. The van der Waals surface area contributed by atoms with Crippen molar-refractivity contribution in [1.82, 2.24) is 0 Å². The summed E-state index contributed by atoms with van der Waals surface area (Å²) in [6, 6.07) is 0. The molecule has 0 aromatic rings. The molecule has 12 aliphatic carbocycles. The summed E-state index contributed by atoms with van der Waals surface area (Å²) < 4.78 is 43.2. The lowest BCUT2D eigenvalue weighted by Gasteiger charge is -2.60. The van der Waals surface area contributed by atoms with Gasteiger partial charge < -0.3 is 37.9 Å². The first kappa shape index (κ1) is 57.4. The number of carbonyl (C=O) groups is 6. The third-order valence-electron chi connectivity index (χ3n) is 19.3. The zero-order chi connectivity index (χ0) is 53.7. The van der Waals surface area contributed by atoms with Crippen LogP contribution in [0.15, 0.2) is 0 Å². The van der Waals surface area contributed by atoms with Gasteiger partial charge in [-0.25, -0.2) is 4.79 Å². The third kappa shape index (κ3) is 13.0. The molecule has 14 nitrogen and oxygen atoms in total. The van der Waals surface area contributed by atoms with Gasteiger partial charge in [0, 0.05) is 25.0 Å². The number of esters is 6. The standard InChI is InChI=1S/2C20H32O5.C19H30O4/c1-13(23-5)25-17(22)20-9-14-6-15(10-20)8-19(7-14,11-20)12-24-16(21)18(2,3)4;1-12(23-5)25-18(22)20-8-13-6-14(9-20)16(15(7-13)10-20)11-24-17(21)19(2,3)4;1-18(2,3)17(21)22-10-16(20)23-11-19(4)14-6-12-5-13(8-14)9-15(19)7-12/h13-15H,6-12H2,1-5H3;12-16H,6-11H2,1-5H3;12-15H,5-11H2,1-4H3. The van der Waals surface area contributed by atoms with Crippen LogP contribution < -0.4 is 0 Å². The first-order valence-electron chi connectivity index (χ1n) is 28.1. The monoisotopic (exact) mass is 1030 g/mol. The molecule has 12 rings (SSSR count). The molecule has 0 aliphatic heterocycles. The van der Waals surface area contributed by atoms with Crippen LogP contribution in [0.2, 0.25) is 0 Å². The summed E-state index contributed by atoms with van der Waals surface area (Å²) in [6.45, 7) is 23.5. The minimum absolute atomic E-state index is 0.0552. The van der Waals surface area contributed by atoms with Crippen LogP contribution in [0.25, 0.3) is 0 Å². The smallest absolute Gasteiger partial charge is 0.344 e. The predicted molar refractivity (Wildman–Crippen MR) is 272 cm³/mol. The van der Waals surface area contributed by atoms with Gasteiger partial charge in [0.15, 0.2) is 19.2 Å². The largest absolute Gasteiger partial charge is 0.465 e. The van der Waals surface area contributed by atoms with E-state index in [1.807, 2.05) is 41.5 Å². The number of ether oxygens (including phenoxy) is 8. The molecule has 12 bridgehead atoms. The second kappa shape index (κ2) is 21.6. The quantitative estimate of drug-likeness (QED) is 0.0912. The Balaban J connectivity index is 0.000000160. The van der Waals surface area contributed by atoms with Gasteiger partial charge in [-0.05, 0) is 238 Å². The molecule has 6 unspecified atom stereocenters. The van der Waals surface area contributed by atoms with Crippen molar-refractivity contribution in [3.05, 3.63) is 0 Å². The molecule has 414 valence electrons. The lowest BCUT2D eigenvalue weighted by Crippen LogP contribution is -2.57. The van der Waals surface area contributed by atoms with Crippen molar-refractivity contribution >= 4 is 35.8 Å². The molecular weight excluding hydrogens is 933 g/mol. The van der Waals surface area contributed by atoms with Crippen LogP contribution in [0.5, 0.6) is 0 Å². The Labute approximate surface area is 437 Å². The van der Waals surface area contributed by atoms with E-state index in [-0.39, 0.29) is 52.7 Å². The van der Waals surface area contributed by atoms with E-state index < -0.39 is 40.2 Å². The van der Waals surface area contributed by atoms with Gasteiger partial charge in [0.05, 0.1) is 46.9 Å². The molecule has 6 atom stereocenters. The van der Waals surface area contributed by atoms with Crippen molar-refractivity contribution in [1.29, 1.82) is 0 Å². The van der Waals surface area contributed by atoms with Gasteiger partial charge in [-0.3, -0.25) is 24.0 Å². The van der Waals surface area contributed by atoms with Crippen LogP contribution in [0, 0.1) is 97.1 Å². The fraction of sp³-hybridized carbons (Fsp3) is 0.898. The Kier molecular flexibility index (Phi) is 17.0. The van der Waals surface area contributed by atoms with Gasteiger partial charge in [0.2, 0.25) is 0 Å². The van der Waals surface area contributed by atoms with Crippen molar-refractivity contribution < 1.29 is 66.7 Å². The van der Waals surface area contributed by atoms with Gasteiger partial charge in [-0.2, -0.15) is 0 Å². The predicted octanol–water partition coefficient (Wildman–Crippen LogP) is 10.8. The summed E-state index contributed by atoms with van der Waals surface area (Å²) in [5.41, 5.74) is -2.23. The maximum absolute atomic E-state index is 12.9. The molecule has 12 fully saturated rings. The maximum atomic E-state index is 12.9. The molecule has 0 N–H and O–H groups in total. The molecular formula is C59H94O14. The molecule has 12 aliphatic rings. The zero-order valence-corrected chi connectivity index (χ0v) is 47.3. The van der Waals surface area contributed by atoms with Crippen molar-refractivity contribution in [2.24, 2.45) is 97.1 Å². The van der Waals surface area contributed by atoms with Crippen molar-refractivity contribution in [2.75, 3.05) is 40.6 Å². The first-order chi connectivity index (χ1) is 33.9. The van der Waals surface area contributed by atoms with Crippen LogP contribution in [-0.2, 0) is 66.7 Å². The first-order valence-corrected chi connectivity index (χ1v) is 28.1.